The first-order valence-corrected chi connectivity index (χ1v) is 4.45. The molecule has 1 aliphatic heterocycles. The van der Waals surface area contributed by atoms with Crippen molar-refractivity contribution in [1.82, 2.24) is 0 Å². The van der Waals surface area contributed by atoms with Gasteiger partial charge in [0.05, 0.1) is 12.7 Å². The molecular weight excluding hydrogens is 220 g/mol. The summed E-state index contributed by atoms with van der Waals surface area (Å²) in [5.74, 6) is -2.20. The summed E-state index contributed by atoms with van der Waals surface area (Å²) in [6.45, 7) is 2.38. The van der Waals surface area contributed by atoms with Gasteiger partial charge in [-0.1, -0.05) is 0 Å². The quantitative estimate of drug-likeness (QED) is 0.538. The first-order valence-electron chi connectivity index (χ1n) is 4.45. The molecule has 0 aromatic heterocycles. The van der Waals surface area contributed by atoms with Crippen LogP contribution in [-0.4, -0.2) is 46.6 Å². The second kappa shape index (κ2) is 6.81. The molecule has 1 heterocycles. The number of aliphatic hydroxyl groups excluding tert-OH is 3. The van der Waals surface area contributed by atoms with Crippen LogP contribution in [0.25, 0.3) is 0 Å². The summed E-state index contributed by atoms with van der Waals surface area (Å²) >= 11 is 0. The predicted octanol–water partition coefficient (Wildman–Crippen LogP) is -0.765. The first kappa shape index (κ1) is 14.4. The Kier molecular flexibility index (Phi) is 6.12. The zero-order valence-corrected chi connectivity index (χ0v) is 8.97. The van der Waals surface area contributed by atoms with Gasteiger partial charge in [0, 0.05) is 6.92 Å². The monoisotopic (exact) mass is 234 g/mol. The molecule has 1 rings (SSSR count). The van der Waals surface area contributed by atoms with Gasteiger partial charge in [-0.15, -0.1) is 0 Å². The highest BCUT2D eigenvalue weighted by Gasteiger charge is 2.26. The van der Waals surface area contributed by atoms with Gasteiger partial charge in [0.15, 0.2) is 12.4 Å². The van der Waals surface area contributed by atoms with Crippen LogP contribution in [0, 0.1) is 0 Å². The van der Waals surface area contributed by atoms with Crippen molar-refractivity contribution < 1.29 is 34.4 Å². The standard InChI is InChI=1S/C6H6O5.C3H8O2/c1-3(7)11-4-2-10-6(9)5(4)8;1-3(5)2-4/h8H,2H2,1H3;3-5H,2H2,1H3. The Morgan fingerprint density at radius 3 is 2.38 bits per heavy atom. The van der Waals surface area contributed by atoms with Gasteiger partial charge >= 0.3 is 11.9 Å². The highest BCUT2D eigenvalue weighted by atomic mass is 16.6. The van der Waals surface area contributed by atoms with Crippen molar-refractivity contribution in [2.75, 3.05) is 13.2 Å². The lowest BCUT2D eigenvalue weighted by molar-refractivity contribution is -0.140. The molecule has 1 aliphatic rings. The average molecular weight is 234 g/mol. The van der Waals surface area contributed by atoms with Gasteiger partial charge < -0.3 is 24.8 Å². The molecule has 0 aliphatic carbocycles. The van der Waals surface area contributed by atoms with Crippen LogP contribution in [0.4, 0.5) is 0 Å². The van der Waals surface area contributed by atoms with E-state index in [2.05, 4.69) is 9.47 Å². The van der Waals surface area contributed by atoms with Gasteiger partial charge in [0.2, 0.25) is 5.76 Å². The van der Waals surface area contributed by atoms with Gasteiger partial charge in [0.1, 0.15) is 0 Å². The third kappa shape index (κ3) is 5.32. The van der Waals surface area contributed by atoms with Crippen molar-refractivity contribution in [2.45, 2.75) is 20.0 Å². The van der Waals surface area contributed by atoms with E-state index in [4.69, 9.17) is 15.3 Å². The van der Waals surface area contributed by atoms with E-state index in [1.165, 1.54) is 13.8 Å². The molecule has 0 aromatic carbocycles. The Balaban J connectivity index is 0.000000385. The van der Waals surface area contributed by atoms with Gasteiger partial charge in [-0.05, 0) is 6.92 Å². The number of rotatable bonds is 2. The van der Waals surface area contributed by atoms with Crippen LogP contribution in [0.15, 0.2) is 11.5 Å². The molecule has 7 heteroatoms. The lowest BCUT2D eigenvalue weighted by Crippen LogP contribution is -2.03. The van der Waals surface area contributed by atoms with Crippen LogP contribution in [0.3, 0.4) is 0 Å². The topological polar surface area (TPSA) is 113 Å². The minimum Gasteiger partial charge on any atom is -0.499 e. The number of ether oxygens (including phenoxy) is 2. The lowest BCUT2D eigenvalue weighted by Gasteiger charge is -1.97. The van der Waals surface area contributed by atoms with Crippen LogP contribution in [0.2, 0.25) is 0 Å². The molecule has 0 fully saturated rings. The van der Waals surface area contributed by atoms with Gasteiger partial charge in [-0.25, -0.2) is 4.79 Å². The van der Waals surface area contributed by atoms with Gasteiger partial charge in [0.25, 0.3) is 0 Å². The summed E-state index contributed by atoms with van der Waals surface area (Å²) in [7, 11) is 0. The second-order valence-corrected chi connectivity index (χ2v) is 2.97. The number of cyclic esters (lactones) is 1. The highest BCUT2D eigenvalue weighted by molar-refractivity contribution is 5.89. The molecule has 0 saturated heterocycles. The van der Waals surface area contributed by atoms with Crippen molar-refractivity contribution >= 4 is 11.9 Å². The second-order valence-electron chi connectivity index (χ2n) is 2.97. The molecular formula is C9H14O7. The van der Waals surface area contributed by atoms with Crippen LogP contribution in [-0.2, 0) is 19.1 Å². The van der Waals surface area contributed by atoms with E-state index in [1.807, 2.05) is 0 Å². The number of hydrogen-bond donors (Lipinski definition) is 3. The molecule has 0 bridgehead atoms. The predicted molar refractivity (Wildman–Crippen MR) is 51.1 cm³/mol. The molecule has 0 saturated carbocycles. The fraction of sp³-hybridized carbons (Fsp3) is 0.556. The minimum atomic E-state index is -0.860. The summed E-state index contributed by atoms with van der Waals surface area (Å²) in [5.41, 5.74) is 0. The van der Waals surface area contributed by atoms with E-state index in [1.54, 1.807) is 0 Å². The van der Waals surface area contributed by atoms with Crippen molar-refractivity contribution in [1.29, 1.82) is 0 Å². The number of carbonyl (C=O) groups is 2. The maximum atomic E-state index is 10.4. The summed E-state index contributed by atoms with van der Waals surface area (Å²) in [4.78, 5) is 20.8. The fourth-order valence-corrected chi connectivity index (χ4v) is 0.633. The maximum Gasteiger partial charge on any atom is 0.377 e. The summed E-state index contributed by atoms with van der Waals surface area (Å²) < 4.78 is 8.78. The van der Waals surface area contributed by atoms with Gasteiger partial charge in [-0.2, -0.15) is 0 Å². The number of carbonyl (C=O) groups excluding carboxylic acids is 2. The molecule has 0 amide bonds. The smallest absolute Gasteiger partial charge is 0.377 e. The highest BCUT2D eigenvalue weighted by Crippen LogP contribution is 2.13. The molecule has 1 unspecified atom stereocenters. The maximum absolute atomic E-state index is 10.4. The van der Waals surface area contributed by atoms with E-state index in [-0.39, 0.29) is 19.0 Å². The van der Waals surface area contributed by atoms with Crippen molar-refractivity contribution in [3.05, 3.63) is 11.5 Å². The van der Waals surface area contributed by atoms with E-state index in [9.17, 15) is 9.59 Å². The fourth-order valence-electron chi connectivity index (χ4n) is 0.633. The zero-order valence-electron chi connectivity index (χ0n) is 8.97. The minimum absolute atomic E-state index is 0.123. The van der Waals surface area contributed by atoms with E-state index >= 15 is 0 Å². The van der Waals surface area contributed by atoms with Crippen molar-refractivity contribution in [3.63, 3.8) is 0 Å². The number of aliphatic hydroxyl groups is 3. The molecule has 0 radical (unpaired) electrons. The van der Waals surface area contributed by atoms with Crippen molar-refractivity contribution in [2.24, 2.45) is 0 Å². The molecule has 1 atom stereocenters. The third-order valence-electron chi connectivity index (χ3n) is 1.32. The normalized spacial score (nSPS) is 16.1. The summed E-state index contributed by atoms with van der Waals surface area (Å²) in [6, 6.07) is 0. The van der Waals surface area contributed by atoms with E-state index in [0.717, 1.165) is 0 Å². The Hall–Kier alpha value is -1.60. The zero-order chi connectivity index (χ0) is 12.7. The Bertz CT molecular complexity index is 292. The van der Waals surface area contributed by atoms with E-state index < -0.39 is 23.8 Å². The van der Waals surface area contributed by atoms with E-state index in [0.29, 0.717) is 0 Å². The lowest BCUT2D eigenvalue weighted by atomic mass is 10.4. The Labute approximate surface area is 91.9 Å². The summed E-state index contributed by atoms with van der Waals surface area (Å²) in [6.07, 6.45) is -0.560. The largest absolute Gasteiger partial charge is 0.499 e. The average Bonchev–Trinajstić information content (AvgIpc) is 2.50. The molecule has 0 spiro atoms. The van der Waals surface area contributed by atoms with Crippen LogP contribution in [0.1, 0.15) is 13.8 Å². The van der Waals surface area contributed by atoms with Crippen LogP contribution in [0.5, 0.6) is 0 Å². The molecule has 92 valence electrons. The third-order valence-corrected chi connectivity index (χ3v) is 1.32. The van der Waals surface area contributed by atoms with Gasteiger partial charge in [-0.3, -0.25) is 4.79 Å². The molecule has 16 heavy (non-hydrogen) atoms. The molecule has 3 N–H and O–H groups in total. The van der Waals surface area contributed by atoms with Crippen LogP contribution < -0.4 is 0 Å². The Morgan fingerprint density at radius 2 is 2.12 bits per heavy atom. The molecule has 7 nitrogen and oxygen atoms in total. The number of hydrogen-bond acceptors (Lipinski definition) is 7. The number of esters is 2. The molecule has 0 aromatic rings. The summed E-state index contributed by atoms with van der Waals surface area (Å²) in [5, 5.41) is 24.8. The van der Waals surface area contributed by atoms with Crippen LogP contribution >= 0.6 is 0 Å². The van der Waals surface area contributed by atoms with Crippen molar-refractivity contribution in [3.8, 4) is 0 Å². The first-order chi connectivity index (χ1) is 7.38. The SMILES string of the molecule is CC(=O)OC1=C(O)C(=O)OC1.CC(O)CO. The Morgan fingerprint density at radius 1 is 1.62 bits per heavy atom.